The molecule has 0 radical (unpaired) electrons. The molecule has 6 nitrogen and oxygen atoms in total. The molecule has 1 aliphatic heterocycles. The normalized spacial score (nSPS) is 15.6. The van der Waals surface area contributed by atoms with E-state index in [0.29, 0.717) is 11.5 Å². The molecule has 1 unspecified atom stereocenters. The summed E-state index contributed by atoms with van der Waals surface area (Å²) in [6.45, 7) is 0.202. The predicted octanol–water partition coefficient (Wildman–Crippen LogP) is 2.88. The molecule has 0 saturated carbocycles. The number of nitrogens with zero attached hydrogens (tertiary/aromatic N) is 2. The number of carbonyl (C=O) groups excluding carboxylic acids is 1. The number of para-hydroxylation sites is 2. The highest BCUT2D eigenvalue weighted by Gasteiger charge is 2.30. The standard InChI is InChI=1S/C19H17N3O3/c1-22(15-8-6-13(7-9-15)14-10-20-21-11-14)19(23)18-12-24-16-4-2-3-5-17(16)25-18/h2-11,18H,12H2,1H3,(H,20,21). The topological polar surface area (TPSA) is 67.5 Å². The zero-order valence-electron chi connectivity index (χ0n) is 13.7. The van der Waals surface area contributed by atoms with E-state index in [1.807, 2.05) is 48.7 Å². The zero-order valence-corrected chi connectivity index (χ0v) is 13.7. The Morgan fingerprint density at radius 2 is 1.88 bits per heavy atom. The average Bonchev–Trinajstić information content (AvgIpc) is 3.21. The van der Waals surface area contributed by atoms with Gasteiger partial charge in [-0.1, -0.05) is 24.3 Å². The number of hydrogen-bond donors (Lipinski definition) is 1. The SMILES string of the molecule is CN(C(=O)C1COc2ccccc2O1)c1ccc(-c2cn[nH]c2)cc1. The Labute approximate surface area is 145 Å². The Bertz CT molecular complexity index is 875. The molecule has 2 aromatic carbocycles. The van der Waals surface area contributed by atoms with Gasteiger partial charge in [-0.3, -0.25) is 9.89 Å². The molecular weight excluding hydrogens is 318 g/mol. The van der Waals surface area contributed by atoms with Gasteiger partial charge in [-0.2, -0.15) is 5.10 Å². The third-order valence-electron chi connectivity index (χ3n) is 4.20. The van der Waals surface area contributed by atoms with E-state index in [0.717, 1.165) is 16.8 Å². The molecule has 126 valence electrons. The third kappa shape index (κ3) is 2.94. The summed E-state index contributed by atoms with van der Waals surface area (Å²) in [5.74, 6) is 1.11. The van der Waals surface area contributed by atoms with E-state index in [4.69, 9.17) is 9.47 Å². The number of hydrogen-bond acceptors (Lipinski definition) is 4. The van der Waals surface area contributed by atoms with Gasteiger partial charge < -0.3 is 14.4 Å². The lowest BCUT2D eigenvalue weighted by molar-refractivity contribution is -0.127. The highest BCUT2D eigenvalue weighted by atomic mass is 16.6. The molecule has 0 aliphatic carbocycles. The summed E-state index contributed by atoms with van der Waals surface area (Å²) in [5.41, 5.74) is 2.82. The van der Waals surface area contributed by atoms with Gasteiger partial charge in [0.15, 0.2) is 11.5 Å². The minimum atomic E-state index is -0.659. The minimum absolute atomic E-state index is 0.148. The van der Waals surface area contributed by atoms with Crippen LogP contribution in [0.4, 0.5) is 5.69 Å². The molecule has 1 aromatic heterocycles. The van der Waals surface area contributed by atoms with Crippen LogP contribution < -0.4 is 14.4 Å². The average molecular weight is 335 g/mol. The van der Waals surface area contributed by atoms with E-state index < -0.39 is 6.10 Å². The van der Waals surface area contributed by atoms with Crippen LogP contribution in [-0.2, 0) is 4.79 Å². The van der Waals surface area contributed by atoms with Crippen LogP contribution in [-0.4, -0.2) is 35.9 Å². The molecule has 0 bridgehead atoms. The maximum Gasteiger partial charge on any atom is 0.271 e. The Balaban J connectivity index is 1.49. The van der Waals surface area contributed by atoms with Crippen LogP contribution in [0.5, 0.6) is 11.5 Å². The number of aromatic nitrogens is 2. The lowest BCUT2D eigenvalue weighted by Gasteiger charge is -2.28. The lowest BCUT2D eigenvalue weighted by atomic mass is 10.1. The number of nitrogens with one attached hydrogen (secondary N) is 1. The van der Waals surface area contributed by atoms with Gasteiger partial charge in [-0.05, 0) is 29.8 Å². The van der Waals surface area contributed by atoms with E-state index in [1.165, 1.54) is 0 Å². The Kier molecular flexibility index (Phi) is 3.85. The maximum atomic E-state index is 12.7. The summed E-state index contributed by atoms with van der Waals surface area (Å²) >= 11 is 0. The lowest BCUT2D eigenvalue weighted by Crippen LogP contribution is -2.45. The van der Waals surface area contributed by atoms with Crippen molar-refractivity contribution in [1.29, 1.82) is 0 Å². The molecule has 2 heterocycles. The number of ether oxygens (including phenoxy) is 2. The van der Waals surface area contributed by atoms with Crippen molar-refractivity contribution in [1.82, 2.24) is 10.2 Å². The van der Waals surface area contributed by atoms with Gasteiger partial charge >= 0.3 is 0 Å². The van der Waals surface area contributed by atoms with Crippen LogP contribution in [0.25, 0.3) is 11.1 Å². The molecule has 1 atom stereocenters. The van der Waals surface area contributed by atoms with Crippen molar-refractivity contribution in [2.24, 2.45) is 0 Å². The second kappa shape index (κ2) is 6.32. The first-order valence-electron chi connectivity index (χ1n) is 7.97. The highest BCUT2D eigenvalue weighted by Crippen LogP contribution is 2.31. The van der Waals surface area contributed by atoms with Crippen molar-refractivity contribution in [3.05, 3.63) is 60.9 Å². The highest BCUT2D eigenvalue weighted by molar-refractivity contribution is 5.96. The van der Waals surface area contributed by atoms with Gasteiger partial charge in [0, 0.05) is 24.5 Å². The number of likely N-dealkylation sites (N-methyl/N-ethyl adjacent to an activating group) is 1. The van der Waals surface area contributed by atoms with Crippen molar-refractivity contribution in [3.63, 3.8) is 0 Å². The predicted molar refractivity (Wildman–Crippen MR) is 93.8 cm³/mol. The quantitative estimate of drug-likeness (QED) is 0.799. The molecule has 6 heteroatoms. The molecule has 1 aliphatic rings. The molecule has 25 heavy (non-hydrogen) atoms. The number of H-pyrrole nitrogens is 1. The zero-order chi connectivity index (χ0) is 17.2. The van der Waals surface area contributed by atoms with Crippen LogP contribution in [0.15, 0.2) is 60.9 Å². The molecule has 0 saturated heterocycles. The van der Waals surface area contributed by atoms with Crippen LogP contribution in [0.1, 0.15) is 0 Å². The molecule has 3 aromatic rings. The van der Waals surface area contributed by atoms with E-state index in [2.05, 4.69) is 10.2 Å². The first-order valence-corrected chi connectivity index (χ1v) is 7.97. The largest absolute Gasteiger partial charge is 0.485 e. The summed E-state index contributed by atoms with van der Waals surface area (Å²) < 4.78 is 11.4. The van der Waals surface area contributed by atoms with E-state index in [1.54, 1.807) is 24.2 Å². The Morgan fingerprint density at radius 1 is 1.12 bits per heavy atom. The van der Waals surface area contributed by atoms with Gasteiger partial charge in [0.25, 0.3) is 5.91 Å². The summed E-state index contributed by atoms with van der Waals surface area (Å²) in [6, 6.07) is 15.1. The summed E-state index contributed by atoms with van der Waals surface area (Å²) in [6.07, 6.45) is 2.93. The van der Waals surface area contributed by atoms with Gasteiger partial charge in [0.2, 0.25) is 6.10 Å². The van der Waals surface area contributed by atoms with Crippen LogP contribution in [0.3, 0.4) is 0 Å². The minimum Gasteiger partial charge on any atom is -0.485 e. The smallest absolute Gasteiger partial charge is 0.271 e. The van der Waals surface area contributed by atoms with Gasteiger partial charge in [0.1, 0.15) is 6.61 Å². The van der Waals surface area contributed by atoms with E-state index in [9.17, 15) is 4.79 Å². The van der Waals surface area contributed by atoms with Crippen molar-refractivity contribution in [3.8, 4) is 22.6 Å². The third-order valence-corrected chi connectivity index (χ3v) is 4.20. The van der Waals surface area contributed by atoms with Crippen molar-refractivity contribution in [2.45, 2.75) is 6.10 Å². The number of aromatic amines is 1. The molecule has 0 fully saturated rings. The van der Waals surface area contributed by atoms with Crippen molar-refractivity contribution in [2.75, 3.05) is 18.6 Å². The van der Waals surface area contributed by atoms with Crippen LogP contribution >= 0.6 is 0 Å². The molecule has 0 spiro atoms. The van der Waals surface area contributed by atoms with Crippen molar-refractivity contribution >= 4 is 11.6 Å². The molecular formula is C19H17N3O3. The Morgan fingerprint density at radius 3 is 2.60 bits per heavy atom. The molecule has 1 N–H and O–H groups in total. The number of carbonyl (C=O) groups is 1. The second-order valence-corrected chi connectivity index (χ2v) is 5.80. The van der Waals surface area contributed by atoms with Gasteiger partial charge in [-0.15, -0.1) is 0 Å². The number of amides is 1. The van der Waals surface area contributed by atoms with Crippen LogP contribution in [0, 0.1) is 0 Å². The fourth-order valence-corrected chi connectivity index (χ4v) is 2.77. The van der Waals surface area contributed by atoms with E-state index >= 15 is 0 Å². The first kappa shape index (κ1) is 15.3. The second-order valence-electron chi connectivity index (χ2n) is 5.80. The monoisotopic (exact) mass is 335 g/mol. The number of fused-ring (bicyclic) bond motifs is 1. The number of rotatable bonds is 3. The van der Waals surface area contributed by atoms with Gasteiger partial charge in [-0.25, -0.2) is 0 Å². The van der Waals surface area contributed by atoms with Gasteiger partial charge in [0.05, 0.1) is 6.20 Å². The number of anilines is 1. The summed E-state index contributed by atoms with van der Waals surface area (Å²) in [5, 5.41) is 6.73. The molecule has 1 amide bonds. The molecule has 4 rings (SSSR count). The summed E-state index contributed by atoms with van der Waals surface area (Å²) in [7, 11) is 1.74. The van der Waals surface area contributed by atoms with Crippen molar-refractivity contribution < 1.29 is 14.3 Å². The van der Waals surface area contributed by atoms with E-state index in [-0.39, 0.29) is 12.5 Å². The first-order chi connectivity index (χ1) is 12.2. The fourth-order valence-electron chi connectivity index (χ4n) is 2.77. The summed E-state index contributed by atoms with van der Waals surface area (Å²) in [4.78, 5) is 14.3. The number of benzene rings is 2. The Hall–Kier alpha value is -3.28. The maximum absolute atomic E-state index is 12.7. The van der Waals surface area contributed by atoms with Crippen LogP contribution in [0.2, 0.25) is 0 Å². The fraction of sp³-hybridized carbons (Fsp3) is 0.158.